The molecule has 4 heterocycles. The van der Waals surface area contributed by atoms with E-state index >= 15 is 0 Å². The van der Waals surface area contributed by atoms with Crippen LogP contribution in [0.3, 0.4) is 0 Å². The van der Waals surface area contributed by atoms with Gasteiger partial charge in [0.2, 0.25) is 0 Å². The van der Waals surface area contributed by atoms with Gasteiger partial charge in [-0.25, -0.2) is 18.7 Å². The summed E-state index contributed by atoms with van der Waals surface area (Å²) in [4.78, 5) is 26.8. The number of aryl methyl sites for hydroxylation is 1. The van der Waals surface area contributed by atoms with Crippen molar-refractivity contribution in [2.45, 2.75) is 24.4 Å². The Bertz CT molecular complexity index is 1900. The first-order valence-corrected chi connectivity index (χ1v) is 14.0. The van der Waals surface area contributed by atoms with Gasteiger partial charge in [0.1, 0.15) is 11.3 Å². The summed E-state index contributed by atoms with van der Waals surface area (Å²) in [7, 11) is 1.93. The van der Waals surface area contributed by atoms with Crippen molar-refractivity contribution < 1.29 is 26.7 Å². The summed E-state index contributed by atoms with van der Waals surface area (Å²) >= 11 is 1.62. The minimum absolute atomic E-state index is 0.0137. The molecule has 0 fully saturated rings. The number of nitrogens with zero attached hydrogens (tertiary/aromatic N) is 4. The normalized spacial score (nSPS) is 15.2. The molecule has 13 heteroatoms. The van der Waals surface area contributed by atoms with E-state index in [0.29, 0.717) is 19.2 Å². The molecule has 0 saturated carbocycles. The van der Waals surface area contributed by atoms with Gasteiger partial charge in [0.05, 0.1) is 34.7 Å². The number of thioether (sulfide) groups is 1. The van der Waals surface area contributed by atoms with Crippen molar-refractivity contribution in [1.82, 2.24) is 24.8 Å². The van der Waals surface area contributed by atoms with Crippen LogP contribution in [0.4, 0.5) is 27.8 Å². The van der Waals surface area contributed by atoms with E-state index in [9.17, 15) is 26.7 Å². The summed E-state index contributed by atoms with van der Waals surface area (Å²) in [5.41, 5.74) is 2.51. The van der Waals surface area contributed by atoms with E-state index < -0.39 is 29.3 Å². The number of hydrogen-bond acceptors (Lipinski definition) is 6. The number of rotatable bonds is 7. The van der Waals surface area contributed by atoms with Crippen molar-refractivity contribution in [3.05, 3.63) is 101 Å². The van der Waals surface area contributed by atoms with Crippen LogP contribution in [0, 0.1) is 11.6 Å². The number of anilines is 1. The second-order valence-electron chi connectivity index (χ2n) is 10.1. The first-order valence-electron chi connectivity index (χ1n) is 13.2. The number of alkyl halides is 3. The molecule has 1 atom stereocenters. The molecule has 2 aromatic carbocycles. The number of carbonyl (C=O) groups excluding carboxylic acids is 1. The summed E-state index contributed by atoms with van der Waals surface area (Å²) in [5, 5.41) is 6.50. The second-order valence-corrected chi connectivity index (χ2v) is 11.4. The molecule has 1 aliphatic heterocycles. The fourth-order valence-electron chi connectivity index (χ4n) is 4.89. The van der Waals surface area contributed by atoms with Gasteiger partial charge in [0.25, 0.3) is 5.91 Å². The summed E-state index contributed by atoms with van der Waals surface area (Å²) in [6.07, 6.45) is 2.24. The Morgan fingerprint density at radius 1 is 1.02 bits per heavy atom. The lowest BCUT2D eigenvalue weighted by atomic mass is 10.1. The van der Waals surface area contributed by atoms with Crippen LogP contribution < -0.4 is 10.6 Å². The Kier molecular flexibility index (Phi) is 7.50. The van der Waals surface area contributed by atoms with Gasteiger partial charge in [-0.2, -0.15) is 13.2 Å². The van der Waals surface area contributed by atoms with E-state index in [1.807, 2.05) is 23.7 Å². The van der Waals surface area contributed by atoms with E-state index in [0.717, 1.165) is 50.6 Å². The highest BCUT2D eigenvalue weighted by atomic mass is 32.2. The fourth-order valence-corrected chi connectivity index (χ4v) is 6.06. The Balaban J connectivity index is 1.16. The highest BCUT2D eigenvalue weighted by Gasteiger charge is 2.33. The zero-order chi connectivity index (χ0) is 30.3. The van der Waals surface area contributed by atoms with Crippen LogP contribution in [-0.2, 0) is 19.8 Å². The first-order chi connectivity index (χ1) is 20.6. The molecular weight excluding hydrogens is 587 g/mol. The van der Waals surface area contributed by atoms with Gasteiger partial charge in [-0.3, -0.25) is 9.78 Å². The van der Waals surface area contributed by atoms with E-state index in [1.165, 1.54) is 6.07 Å². The van der Waals surface area contributed by atoms with Crippen LogP contribution in [0.15, 0.2) is 67.3 Å². The first kappa shape index (κ1) is 28.6. The number of halogens is 5. The Labute approximate surface area is 246 Å². The van der Waals surface area contributed by atoms with Gasteiger partial charge >= 0.3 is 6.18 Å². The molecule has 0 aliphatic carbocycles. The minimum Gasteiger partial charge on any atom is -0.368 e. The number of aromatic nitrogens is 4. The standard InChI is InChI=1S/C30H23F5N6OS/c1-41-15-40-25-14-36-24-6-3-17(9-20(24)27(25)41)26-7-4-19(43-26)13-38-28-21(10-18(12-37-28)30(33,34)35)29(42)39-11-16-2-5-22(31)23(32)8-16/h2-3,5-10,12,14-15,19H,4,11,13H2,1H3,(H,37,38)(H,39,42). The van der Waals surface area contributed by atoms with Gasteiger partial charge in [0, 0.05) is 41.9 Å². The molecule has 0 radical (unpaired) electrons. The van der Waals surface area contributed by atoms with Gasteiger partial charge in [-0.15, -0.1) is 11.8 Å². The Hall–Kier alpha value is -4.52. The number of imidazole rings is 1. The minimum atomic E-state index is -4.71. The monoisotopic (exact) mass is 610 g/mol. The number of benzene rings is 2. The van der Waals surface area contributed by atoms with Crippen LogP contribution in [0.2, 0.25) is 0 Å². The van der Waals surface area contributed by atoms with E-state index in [-0.39, 0.29) is 28.7 Å². The highest BCUT2D eigenvalue weighted by Crippen LogP contribution is 2.41. The molecule has 0 spiro atoms. The van der Waals surface area contributed by atoms with Gasteiger partial charge in [-0.1, -0.05) is 18.2 Å². The zero-order valence-corrected chi connectivity index (χ0v) is 23.4. The summed E-state index contributed by atoms with van der Waals surface area (Å²) in [5.74, 6) is -2.99. The quantitative estimate of drug-likeness (QED) is 0.200. The molecule has 0 saturated heterocycles. The third-order valence-electron chi connectivity index (χ3n) is 7.08. The lowest BCUT2D eigenvalue weighted by molar-refractivity contribution is -0.137. The summed E-state index contributed by atoms with van der Waals surface area (Å²) < 4.78 is 69.0. The lowest BCUT2D eigenvalue weighted by Crippen LogP contribution is -2.26. The van der Waals surface area contributed by atoms with Gasteiger partial charge < -0.3 is 15.2 Å². The number of pyridine rings is 2. The number of fused-ring (bicyclic) bond motifs is 3. The maximum atomic E-state index is 13.5. The van der Waals surface area contributed by atoms with Crippen molar-refractivity contribution in [2.24, 2.45) is 7.05 Å². The topological polar surface area (TPSA) is 84.7 Å². The molecule has 1 amide bonds. The van der Waals surface area contributed by atoms with Crippen LogP contribution in [0.1, 0.15) is 33.5 Å². The average molecular weight is 611 g/mol. The van der Waals surface area contributed by atoms with Crippen LogP contribution in [-0.4, -0.2) is 37.2 Å². The predicted molar refractivity (Wildman–Crippen MR) is 155 cm³/mol. The van der Waals surface area contributed by atoms with Crippen LogP contribution in [0.5, 0.6) is 0 Å². The zero-order valence-electron chi connectivity index (χ0n) is 22.5. The van der Waals surface area contributed by atoms with Gasteiger partial charge in [-0.05, 0) is 47.9 Å². The fraction of sp³-hybridized carbons (Fsp3) is 0.200. The second kappa shape index (κ2) is 11.3. The van der Waals surface area contributed by atoms with Crippen molar-refractivity contribution in [3.63, 3.8) is 0 Å². The van der Waals surface area contributed by atoms with E-state index in [1.54, 1.807) is 24.3 Å². The van der Waals surface area contributed by atoms with Gasteiger partial charge in [0.15, 0.2) is 11.6 Å². The molecular formula is C30H23F5N6OS. The molecule has 7 nitrogen and oxygen atoms in total. The number of allylic oxidation sites excluding steroid dienone is 1. The molecule has 5 aromatic rings. The van der Waals surface area contributed by atoms with Crippen LogP contribution in [0.25, 0.3) is 26.8 Å². The lowest BCUT2D eigenvalue weighted by Gasteiger charge is -2.16. The van der Waals surface area contributed by atoms with Crippen LogP contribution >= 0.6 is 11.8 Å². The highest BCUT2D eigenvalue weighted by molar-refractivity contribution is 8.09. The molecule has 220 valence electrons. The van der Waals surface area contributed by atoms with Crippen molar-refractivity contribution in [3.8, 4) is 0 Å². The molecule has 6 rings (SSSR count). The predicted octanol–water partition coefficient (Wildman–Crippen LogP) is 6.70. The maximum Gasteiger partial charge on any atom is 0.417 e. The molecule has 3 aromatic heterocycles. The SMILES string of the molecule is Cn1cnc2cnc3ccc(C4=CCC(CNc5ncc(C(F)(F)F)cc5C(=O)NCc5ccc(F)c(F)c5)S4)cc3c21. The average Bonchev–Trinajstić information content (AvgIpc) is 3.62. The number of amides is 1. The van der Waals surface area contributed by atoms with E-state index in [4.69, 9.17) is 0 Å². The summed E-state index contributed by atoms with van der Waals surface area (Å²) in [6, 6.07) is 9.85. The van der Waals surface area contributed by atoms with Crippen molar-refractivity contribution in [2.75, 3.05) is 11.9 Å². The van der Waals surface area contributed by atoms with Crippen molar-refractivity contribution >= 4 is 50.3 Å². The van der Waals surface area contributed by atoms with E-state index in [2.05, 4.69) is 37.7 Å². The molecule has 1 aliphatic rings. The van der Waals surface area contributed by atoms with Crippen molar-refractivity contribution in [1.29, 1.82) is 0 Å². The summed E-state index contributed by atoms with van der Waals surface area (Å²) in [6.45, 7) is 0.109. The third kappa shape index (κ3) is 5.89. The number of hydrogen-bond donors (Lipinski definition) is 2. The smallest absolute Gasteiger partial charge is 0.368 e. The Morgan fingerprint density at radius 3 is 2.65 bits per heavy atom. The number of carbonyl (C=O) groups is 1. The maximum absolute atomic E-state index is 13.5. The third-order valence-corrected chi connectivity index (χ3v) is 8.43. The molecule has 0 bridgehead atoms. The molecule has 43 heavy (non-hydrogen) atoms. The number of nitrogens with one attached hydrogen (secondary N) is 2. The Morgan fingerprint density at radius 2 is 1.86 bits per heavy atom. The molecule has 1 unspecified atom stereocenters. The molecule has 2 N–H and O–H groups in total. The largest absolute Gasteiger partial charge is 0.417 e.